The van der Waals surface area contributed by atoms with Crippen molar-refractivity contribution in [2.75, 3.05) is 5.73 Å². The Kier molecular flexibility index (Phi) is 4.11. The summed E-state index contributed by atoms with van der Waals surface area (Å²) in [4.78, 5) is 18.4. The fraction of sp³-hybridized carbons (Fsp3) is 0.222. The molecule has 0 spiro atoms. The summed E-state index contributed by atoms with van der Waals surface area (Å²) in [6.07, 6.45) is 1.57. The van der Waals surface area contributed by atoms with E-state index in [9.17, 15) is 10.1 Å². The van der Waals surface area contributed by atoms with Crippen LogP contribution in [0.3, 0.4) is 0 Å². The Balaban J connectivity index is 2.28. The van der Waals surface area contributed by atoms with E-state index in [1.54, 1.807) is 12.3 Å². The number of nitrogens with zero attached hydrogens (tertiary/aromatic N) is 4. The first-order chi connectivity index (χ1) is 12.0. The van der Waals surface area contributed by atoms with Gasteiger partial charge in [-0.25, -0.2) is 4.98 Å². The maximum atomic E-state index is 11.3. The summed E-state index contributed by atoms with van der Waals surface area (Å²) < 4.78 is 1.90. The van der Waals surface area contributed by atoms with Crippen molar-refractivity contribution in [1.29, 1.82) is 5.26 Å². The van der Waals surface area contributed by atoms with Crippen LogP contribution in [0.2, 0.25) is 0 Å². The minimum atomic E-state index is -0.208. The van der Waals surface area contributed by atoms with Crippen LogP contribution < -0.4 is 11.3 Å². The second-order valence-electron chi connectivity index (χ2n) is 5.73. The zero-order valence-electron chi connectivity index (χ0n) is 14.3. The lowest BCUT2D eigenvalue weighted by molar-refractivity contribution is 0.634. The number of aromatic nitrogens is 4. The molecule has 0 aliphatic carbocycles. The van der Waals surface area contributed by atoms with Crippen LogP contribution in [0, 0.1) is 25.2 Å². The molecule has 3 aromatic rings. The van der Waals surface area contributed by atoms with Gasteiger partial charge in [0.1, 0.15) is 17.5 Å². The van der Waals surface area contributed by atoms with E-state index >= 15 is 0 Å². The Labute approximate surface area is 144 Å². The second-order valence-corrected chi connectivity index (χ2v) is 5.73. The predicted molar refractivity (Wildman–Crippen MR) is 95.8 cm³/mol. The molecule has 0 atom stereocenters. The molecule has 0 saturated carbocycles. The molecule has 0 bridgehead atoms. The van der Waals surface area contributed by atoms with Crippen LogP contribution >= 0.6 is 0 Å². The van der Waals surface area contributed by atoms with Gasteiger partial charge in [0.05, 0.1) is 11.4 Å². The highest BCUT2D eigenvalue weighted by atomic mass is 16.1. The number of nitrogens with one attached hydrogen (secondary N) is 1. The molecule has 0 aromatic carbocycles. The standard InChI is InChI=1S/C18H18N6O/c1-4-24-11(3)17(10(2)23-24)15-7-13(14(8-19)18(20)22-15)12-5-6-16(25)21-9-12/h5-7,9H,4H2,1-3H3,(H2,20,22)(H,21,25). The number of rotatable bonds is 3. The van der Waals surface area contributed by atoms with Crippen molar-refractivity contribution in [1.82, 2.24) is 19.7 Å². The molecule has 0 unspecified atom stereocenters. The Bertz CT molecular complexity index is 1030. The molecular formula is C18H18N6O. The molecule has 126 valence electrons. The number of anilines is 1. The Hall–Kier alpha value is -3.40. The van der Waals surface area contributed by atoms with Gasteiger partial charge in [-0.3, -0.25) is 9.48 Å². The van der Waals surface area contributed by atoms with Crippen LogP contribution in [0.4, 0.5) is 5.82 Å². The van der Waals surface area contributed by atoms with Crippen LogP contribution in [0.25, 0.3) is 22.4 Å². The summed E-state index contributed by atoms with van der Waals surface area (Å²) >= 11 is 0. The fourth-order valence-electron chi connectivity index (χ4n) is 2.99. The van der Waals surface area contributed by atoms with Crippen molar-refractivity contribution in [3.8, 4) is 28.5 Å². The highest BCUT2D eigenvalue weighted by Crippen LogP contribution is 2.33. The number of aromatic amines is 1. The van der Waals surface area contributed by atoms with Crippen molar-refractivity contribution >= 4 is 5.82 Å². The predicted octanol–water partition coefficient (Wildman–Crippen LogP) is 2.39. The lowest BCUT2D eigenvalue weighted by Crippen LogP contribution is -2.04. The van der Waals surface area contributed by atoms with Crippen LogP contribution in [0.15, 0.2) is 29.2 Å². The molecule has 7 heteroatoms. The third-order valence-corrected chi connectivity index (χ3v) is 4.19. The van der Waals surface area contributed by atoms with Crippen LogP contribution in [0.5, 0.6) is 0 Å². The van der Waals surface area contributed by atoms with Gasteiger partial charge in [0.25, 0.3) is 0 Å². The highest BCUT2D eigenvalue weighted by Gasteiger charge is 2.18. The van der Waals surface area contributed by atoms with E-state index in [0.29, 0.717) is 16.8 Å². The summed E-state index contributed by atoms with van der Waals surface area (Å²) in [6, 6.07) is 7.00. The molecule has 3 heterocycles. The maximum absolute atomic E-state index is 11.3. The maximum Gasteiger partial charge on any atom is 0.247 e. The van der Waals surface area contributed by atoms with E-state index < -0.39 is 0 Å². The van der Waals surface area contributed by atoms with Gasteiger partial charge in [-0.2, -0.15) is 10.4 Å². The molecule has 25 heavy (non-hydrogen) atoms. The van der Waals surface area contributed by atoms with Gasteiger partial charge < -0.3 is 10.7 Å². The molecular weight excluding hydrogens is 316 g/mol. The first-order valence-corrected chi connectivity index (χ1v) is 7.90. The monoisotopic (exact) mass is 334 g/mol. The average Bonchev–Trinajstić information content (AvgIpc) is 2.88. The smallest absolute Gasteiger partial charge is 0.247 e. The van der Waals surface area contributed by atoms with E-state index in [1.165, 1.54) is 6.07 Å². The summed E-state index contributed by atoms with van der Waals surface area (Å²) in [5, 5.41) is 14.0. The van der Waals surface area contributed by atoms with Crippen molar-refractivity contribution in [2.24, 2.45) is 0 Å². The van der Waals surface area contributed by atoms with Crippen LogP contribution in [0.1, 0.15) is 23.9 Å². The van der Waals surface area contributed by atoms with Gasteiger partial charge in [0.2, 0.25) is 5.56 Å². The van der Waals surface area contributed by atoms with E-state index in [2.05, 4.69) is 21.1 Å². The van der Waals surface area contributed by atoms with Crippen molar-refractivity contribution in [2.45, 2.75) is 27.3 Å². The first kappa shape index (κ1) is 16.5. The summed E-state index contributed by atoms with van der Waals surface area (Å²) in [7, 11) is 0. The number of pyridine rings is 2. The fourth-order valence-corrected chi connectivity index (χ4v) is 2.99. The third-order valence-electron chi connectivity index (χ3n) is 4.19. The molecule has 0 amide bonds. The molecule has 3 N–H and O–H groups in total. The SMILES string of the molecule is CCn1nc(C)c(-c2cc(-c3ccc(=O)[nH]c3)c(C#N)c(N)n2)c1C. The van der Waals surface area contributed by atoms with E-state index in [0.717, 1.165) is 23.5 Å². The highest BCUT2D eigenvalue weighted by molar-refractivity contribution is 5.80. The lowest BCUT2D eigenvalue weighted by atomic mass is 9.99. The number of hydrogen-bond acceptors (Lipinski definition) is 5. The van der Waals surface area contributed by atoms with Gasteiger partial charge in [0, 0.05) is 35.6 Å². The molecule has 0 fully saturated rings. The number of hydrogen-bond donors (Lipinski definition) is 2. The van der Waals surface area contributed by atoms with Crippen LogP contribution in [-0.2, 0) is 6.54 Å². The minimum Gasteiger partial charge on any atom is -0.383 e. The van der Waals surface area contributed by atoms with Gasteiger partial charge in [-0.1, -0.05) is 0 Å². The third kappa shape index (κ3) is 2.78. The van der Waals surface area contributed by atoms with Gasteiger partial charge in [-0.15, -0.1) is 0 Å². The minimum absolute atomic E-state index is 0.157. The normalized spacial score (nSPS) is 10.6. The Morgan fingerprint density at radius 3 is 2.68 bits per heavy atom. The molecule has 3 rings (SSSR count). The van der Waals surface area contributed by atoms with E-state index in [4.69, 9.17) is 5.73 Å². The summed E-state index contributed by atoms with van der Waals surface area (Å²) in [5.41, 5.74) is 10.9. The van der Waals surface area contributed by atoms with Gasteiger partial charge in [0.15, 0.2) is 0 Å². The average molecular weight is 334 g/mol. The second kappa shape index (κ2) is 6.24. The molecule has 0 aliphatic rings. The Morgan fingerprint density at radius 2 is 2.12 bits per heavy atom. The number of nitrogen functional groups attached to an aromatic ring is 1. The topological polar surface area (TPSA) is 113 Å². The number of nitriles is 1. The van der Waals surface area contributed by atoms with Crippen molar-refractivity contribution in [3.05, 3.63) is 51.7 Å². The summed E-state index contributed by atoms with van der Waals surface area (Å²) in [5.74, 6) is 0.157. The van der Waals surface area contributed by atoms with Gasteiger partial charge in [-0.05, 0) is 38.5 Å². The molecule has 0 radical (unpaired) electrons. The van der Waals surface area contributed by atoms with E-state index in [-0.39, 0.29) is 16.9 Å². The van der Waals surface area contributed by atoms with Crippen molar-refractivity contribution < 1.29 is 0 Å². The Morgan fingerprint density at radius 1 is 1.36 bits per heavy atom. The quantitative estimate of drug-likeness (QED) is 0.763. The molecule has 3 aromatic heterocycles. The largest absolute Gasteiger partial charge is 0.383 e. The lowest BCUT2D eigenvalue weighted by Gasteiger charge is -2.10. The number of H-pyrrole nitrogens is 1. The zero-order chi connectivity index (χ0) is 18.1. The zero-order valence-corrected chi connectivity index (χ0v) is 14.3. The first-order valence-electron chi connectivity index (χ1n) is 7.90. The molecule has 7 nitrogen and oxygen atoms in total. The number of aryl methyl sites for hydroxylation is 2. The van der Waals surface area contributed by atoms with Gasteiger partial charge >= 0.3 is 0 Å². The van der Waals surface area contributed by atoms with Crippen LogP contribution in [-0.4, -0.2) is 19.7 Å². The van der Waals surface area contributed by atoms with Crippen molar-refractivity contribution in [3.63, 3.8) is 0 Å². The summed E-state index contributed by atoms with van der Waals surface area (Å²) in [6.45, 7) is 6.68. The molecule has 0 aliphatic heterocycles. The number of nitrogens with two attached hydrogens (primary N) is 1. The molecule has 0 saturated heterocycles. The van der Waals surface area contributed by atoms with E-state index in [1.807, 2.05) is 31.5 Å².